The molecule has 0 aromatic heterocycles. The van der Waals surface area contributed by atoms with Crippen LogP contribution in [0, 0.1) is 5.92 Å². The summed E-state index contributed by atoms with van der Waals surface area (Å²) >= 11 is 0. The second kappa shape index (κ2) is 3.55. The second-order valence-corrected chi connectivity index (χ2v) is 3.14. The van der Waals surface area contributed by atoms with Crippen LogP contribution in [0.5, 0.6) is 0 Å². The first-order valence-electron chi connectivity index (χ1n) is 4.10. The molecule has 1 atom stereocenters. The molecule has 0 unspecified atom stereocenters. The van der Waals surface area contributed by atoms with Gasteiger partial charge in [-0.15, -0.1) is 0 Å². The summed E-state index contributed by atoms with van der Waals surface area (Å²) in [5, 5.41) is 0. The van der Waals surface area contributed by atoms with Gasteiger partial charge in [-0.25, -0.2) is 0 Å². The SMILES string of the molecule is CC(=O)N1CCC(=O)[C@H](C(N)=O)C1. The number of carbonyl (C=O) groups excluding carboxylic acids is 3. The van der Waals surface area contributed by atoms with Gasteiger partial charge in [0.15, 0.2) is 0 Å². The quantitative estimate of drug-likeness (QED) is 0.526. The Kier molecular flexibility index (Phi) is 2.65. The fourth-order valence-electron chi connectivity index (χ4n) is 1.37. The van der Waals surface area contributed by atoms with E-state index in [4.69, 9.17) is 5.73 Å². The van der Waals surface area contributed by atoms with Gasteiger partial charge in [0, 0.05) is 26.4 Å². The Morgan fingerprint density at radius 1 is 1.54 bits per heavy atom. The van der Waals surface area contributed by atoms with Gasteiger partial charge in [-0.2, -0.15) is 0 Å². The lowest BCUT2D eigenvalue weighted by atomic mass is 9.96. The molecule has 0 bridgehead atoms. The molecule has 5 nitrogen and oxygen atoms in total. The highest BCUT2D eigenvalue weighted by atomic mass is 16.2. The van der Waals surface area contributed by atoms with Gasteiger partial charge in [-0.05, 0) is 0 Å². The Labute approximate surface area is 75.9 Å². The lowest BCUT2D eigenvalue weighted by molar-refractivity contribution is -0.139. The van der Waals surface area contributed by atoms with Crippen LogP contribution in [0.4, 0.5) is 0 Å². The molecule has 1 fully saturated rings. The molecule has 1 aliphatic heterocycles. The van der Waals surface area contributed by atoms with Crippen LogP contribution in [0.15, 0.2) is 0 Å². The molecule has 1 heterocycles. The Morgan fingerprint density at radius 3 is 2.62 bits per heavy atom. The number of primary amides is 1. The molecule has 0 aliphatic carbocycles. The molecule has 0 aromatic carbocycles. The summed E-state index contributed by atoms with van der Waals surface area (Å²) in [5.74, 6) is -1.74. The van der Waals surface area contributed by atoms with Crippen molar-refractivity contribution in [2.24, 2.45) is 11.7 Å². The molecule has 1 saturated heterocycles. The predicted molar refractivity (Wildman–Crippen MR) is 44.6 cm³/mol. The zero-order valence-corrected chi connectivity index (χ0v) is 7.45. The molecule has 0 aromatic rings. The van der Waals surface area contributed by atoms with Crippen molar-refractivity contribution >= 4 is 17.6 Å². The van der Waals surface area contributed by atoms with E-state index in [1.165, 1.54) is 11.8 Å². The van der Waals surface area contributed by atoms with Gasteiger partial charge in [0.1, 0.15) is 11.7 Å². The lowest BCUT2D eigenvalue weighted by Crippen LogP contribution is -2.48. The first-order valence-corrected chi connectivity index (χ1v) is 4.10. The molecule has 72 valence electrons. The number of hydrogen-bond donors (Lipinski definition) is 1. The van der Waals surface area contributed by atoms with Crippen molar-refractivity contribution in [3.05, 3.63) is 0 Å². The first kappa shape index (κ1) is 9.70. The highest BCUT2D eigenvalue weighted by molar-refractivity contribution is 6.02. The van der Waals surface area contributed by atoms with E-state index in [0.29, 0.717) is 6.54 Å². The van der Waals surface area contributed by atoms with Crippen molar-refractivity contribution in [1.29, 1.82) is 0 Å². The number of rotatable bonds is 1. The summed E-state index contributed by atoms with van der Waals surface area (Å²) in [4.78, 5) is 34.4. The minimum atomic E-state index is -0.808. The van der Waals surface area contributed by atoms with E-state index in [0.717, 1.165) is 0 Å². The third-order valence-corrected chi connectivity index (χ3v) is 2.21. The normalized spacial score (nSPS) is 23.0. The number of ketones is 1. The molecule has 1 aliphatic rings. The second-order valence-electron chi connectivity index (χ2n) is 3.14. The van der Waals surface area contributed by atoms with Crippen LogP contribution in [0.25, 0.3) is 0 Å². The van der Waals surface area contributed by atoms with E-state index >= 15 is 0 Å². The van der Waals surface area contributed by atoms with Crippen LogP contribution in [0.2, 0.25) is 0 Å². The van der Waals surface area contributed by atoms with E-state index in [2.05, 4.69) is 0 Å². The van der Waals surface area contributed by atoms with Crippen LogP contribution in [-0.2, 0) is 14.4 Å². The van der Waals surface area contributed by atoms with Crippen LogP contribution >= 0.6 is 0 Å². The minimum Gasteiger partial charge on any atom is -0.369 e. The van der Waals surface area contributed by atoms with Gasteiger partial charge in [0.2, 0.25) is 11.8 Å². The Balaban J connectivity index is 2.68. The maximum absolute atomic E-state index is 11.2. The number of carbonyl (C=O) groups is 3. The van der Waals surface area contributed by atoms with E-state index < -0.39 is 11.8 Å². The van der Waals surface area contributed by atoms with Crippen LogP contribution in [-0.4, -0.2) is 35.6 Å². The smallest absolute Gasteiger partial charge is 0.229 e. The highest BCUT2D eigenvalue weighted by Gasteiger charge is 2.32. The van der Waals surface area contributed by atoms with E-state index in [1.807, 2.05) is 0 Å². The number of piperidine rings is 1. The maximum Gasteiger partial charge on any atom is 0.229 e. The number of hydrogen-bond acceptors (Lipinski definition) is 3. The Hall–Kier alpha value is -1.39. The largest absolute Gasteiger partial charge is 0.369 e. The minimum absolute atomic E-state index is 0.126. The molecular weight excluding hydrogens is 172 g/mol. The first-order chi connectivity index (χ1) is 6.02. The molecule has 13 heavy (non-hydrogen) atoms. The summed E-state index contributed by atoms with van der Waals surface area (Å²) in [6.45, 7) is 1.95. The molecule has 0 saturated carbocycles. The van der Waals surface area contributed by atoms with Crippen LogP contribution < -0.4 is 5.73 Å². The van der Waals surface area contributed by atoms with Crippen molar-refractivity contribution in [3.8, 4) is 0 Å². The number of Topliss-reactive ketones (excluding diaryl/α,β-unsaturated/α-hetero) is 1. The Morgan fingerprint density at radius 2 is 2.15 bits per heavy atom. The standard InChI is InChI=1S/C8H12N2O3/c1-5(11)10-3-2-7(12)6(4-10)8(9)13/h6H,2-4H2,1H3,(H2,9,13)/t6-/m1/s1. The molecule has 1 rings (SSSR count). The summed E-state index contributed by atoms with van der Waals surface area (Å²) < 4.78 is 0. The summed E-state index contributed by atoms with van der Waals surface area (Å²) in [5.41, 5.74) is 5.02. The molecular formula is C8H12N2O3. The van der Waals surface area contributed by atoms with Crippen molar-refractivity contribution in [2.75, 3.05) is 13.1 Å². The molecule has 2 amide bonds. The average molecular weight is 184 g/mol. The monoisotopic (exact) mass is 184 g/mol. The molecule has 0 spiro atoms. The Bertz CT molecular complexity index is 262. The fraction of sp³-hybridized carbons (Fsp3) is 0.625. The van der Waals surface area contributed by atoms with Crippen molar-refractivity contribution < 1.29 is 14.4 Å². The lowest BCUT2D eigenvalue weighted by Gasteiger charge is -2.29. The molecule has 0 radical (unpaired) electrons. The number of nitrogens with two attached hydrogens (primary N) is 1. The number of nitrogens with zero attached hydrogens (tertiary/aromatic N) is 1. The van der Waals surface area contributed by atoms with Gasteiger partial charge in [0.25, 0.3) is 0 Å². The maximum atomic E-state index is 11.2. The van der Waals surface area contributed by atoms with Crippen molar-refractivity contribution in [2.45, 2.75) is 13.3 Å². The van der Waals surface area contributed by atoms with Gasteiger partial charge in [0.05, 0.1) is 0 Å². The molecule has 2 N–H and O–H groups in total. The average Bonchev–Trinajstić information content (AvgIpc) is 2.04. The van der Waals surface area contributed by atoms with Gasteiger partial charge in [-0.1, -0.05) is 0 Å². The third kappa shape index (κ3) is 2.05. The van der Waals surface area contributed by atoms with Crippen LogP contribution in [0.1, 0.15) is 13.3 Å². The molecule has 5 heteroatoms. The number of amides is 2. The van der Waals surface area contributed by atoms with Gasteiger partial charge < -0.3 is 10.6 Å². The van der Waals surface area contributed by atoms with Gasteiger partial charge in [-0.3, -0.25) is 14.4 Å². The third-order valence-electron chi connectivity index (χ3n) is 2.21. The van der Waals surface area contributed by atoms with Crippen molar-refractivity contribution in [1.82, 2.24) is 4.90 Å². The summed E-state index contributed by atoms with van der Waals surface area (Å²) in [7, 11) is 0. The summed E-state index contributed by atoms with van der Waals surface area (Å²) in [6, 6.07) is 0. The fourth-order valence-corrected chi connectivity index (χ4v) is 1.37. The van der Waals surface area contributed by atoms with Crippen molar-refractivity contribution in [3.63, 3.8) is 0 Å². The highest BCUT2D eigenvalue weighted by Crippen LogP contribution is 2.12. The number of likely N-dealkylation sites (tertiary alicyclic amines) is 1. The topological polar surface area (TPSA) is 80.5 Å². The van der Waals surface area contributed by atoms with Crippen LogP contribution in [0.3, 0.4) is 0 Å². The van der Waals surface area contributed by atoms with E-state index in [-0.39, 0.29) is 24.7 Å². The van der Waals surface area contributed by atoms with Gasteiger partial charge >= 0.3 is 0 Å². The zero-order valence-electron chi connectivity index (χ0n) is 7.45. The van der Waals surface area contributed by atoms with E-state index in [1.54, 1.807) is 0 Å². The van der Waals surface area contributed by atoms with E-state index in [9.17, 15) is 14.4 Å². The predicted octanol–water partition coefficient (Wildman–Crippen LogP) is -1.09. The zero-order chi connectivity index (χ0) is 10.0. The summed E-state index contributed by atoms with van der Waals surface area (Å²) in [6.07, 6.45) is 0.229.